The van der Waals surface area contributed by atoms with Crippen molar-refractivity contribution >= 4 is 11.9 Å². The van der Waals surface area contributed by atoms with Crippen LogP contribution in [0.2, 0.25) is 0 Å². The normalized spacial score (nSPS) is 30.6. The molecule has 96 valence electrons. The molecular formula is C11H19N3O3. The van der Waals surface area contributed by atoms with Crippen LogP contribution in [0.5, 0.6) is 0 Å². The van der Waals surface area contributed by atoms with Crippen LogP contribution in [0.3, 0.4) is 0 Å². The van der Waals surface area contributed by atoms with Crippen molar-refractivity contribution in [3.8, 4) is 0 Å². The molecule has 0 aromatic carbocycles. The fraction of sp³-hybridized carbons (Fsp3) is 0.818. The number of primary amides is 1. The van der Waals surface area contributed by atoms with E-state index in [9.17, 15) is 9.59 Å². The van der Waals surface area contributed by atoms with Gasteiger partial charge in [-0.25, -0.2) is 10.0 Å². The van der Waals surface area contributed by atoms with Crippen molar-refractivity contribution in [3.05, 3.63) is 0 Å². The van der Waals surface area contributed by atoms with Crippen molar-refractivity contribution in [1.29, 1.82) is 0 Å². The van der Waals surface area contributed by atoms with E-state index in [1.54, 1.807) is 0 Å². The first-order valence-corrected chi connectivity index (χ1v) is 6.05. The number of carbonyl (C=O) groups excluding carboxylic acids is 2. The predicted molar refractivity (Wildman–Crippen MR) is 60.7 cm³/mol. The number of hydrogen-bond acceptors (Lipinski definition) is 5. The van der Waals surface area contributed by atoms with Gasteiger partial charge in [0.15, 0.2) is 0 Å². The topological polar surface area (TPSA) is 75.9 Å². The molecule has 2 aliphatic rings. The summed E-state index contributed by atoms with van der Waals surface area (Å²) in [5, 5.41) is 3.92. The van der Waals surface area contributed by atoms with Crippen molar-refractivity contribution in [2.24, 2.45) is 5.73 Å². The highest BCUT2D eigenvalue weighted by Gasteiger charge is 2.41. The third-order valence-electron chi connectivity index (χ3n) is 3.58. The Balaban J connectivity index is 2.10. The first-order chi connectivity index (χ1) is 8.15. The summed E-state index contributed by atoms with van der Waals surface area (Å²) in [6.45, 7) is 1.59. The molecule has 2 saturated heterocycles. The molecular weight excluding hydrogens is 222 g/mol. The van der Waals surface area contributed by atoms with Crippen molar-refractivity contribution in [2.45, 2.75) is 37.8 Å². The minimum atomic E-state index is -0.307. The van der Waals surface area contributed by atoms with Crippen LogP contribution in [0.1, 0.15) is 25.7 Å². The number of methoxy groups -OCH3 is 1. The Bertz CT molecular complexity index is 321. The van der Waals surface area contributed by atoms with Gasteiger partial charge in [0.25, 0.3) is 0 Å². The van der Waals surface area contributed by atoms with Gasteiger partial charge in [0.2, 0.25) is 5.91 Å². The maximum Gasteiger partial charge on any atom is 0.324 e. The van der Waals surface area contributed by atoms with Gasteiger partial charge in [-0.05, 0) is 25.7 Å². The molecule has 0 bridgehead atoms. The van der Waals surface area contributed by atoms with Crippen molar-refractivity contribution in [1.82, 2.24) is 10.0 Å². The number of hydrazine groups is 1. The molecule has 6 nitrogen and oxygen atoms in total. The van der Waals surface area contributed by atoms with Crippen LogP contribution in [0, 0.1) is 0 Å². The molecule has 6 heteroatoms. The van der Waals surface area contributed by atoms with Crippen molar-refractivity contribution in [2.75, 3.05) is 20.2 Å². The number of esters is 1. The average Bonchev–Trinajstić information content (AvgIpc) is 2.95. The second kappa shape index (κ2) is 5.01. The third kappa shape index (κ3) is 2.28. The third-order valence-corrected chi connectivity index (χ3v) is 3.58. The fourth-order valence-corrected chi connectivity index (χ4v) is 2.78. The largest absolute Gasteiger partial charge is 0.468 e. The number of hydrogen-bond donors (Lipinski definition) is 1. The lowest BCUT2D eigenvalue weighted by atomic mass is 10.2. The summed E-state index contributed by atoms with van der Waals surface area (Å²) in [5.74, 6) is -0.532. The Morgan fingerprint density at radius 3 is 2.18 bits per heavy atom. The molecule has 2 rings (SSSR count). The van der Waals surface area contributed by atoms with E-state index in [1.807, 2.05) is 10.0 Å². The quantitative estimate of drug-likeness (QED) is 0.673. The van der Waals surface area contributed by atoms with Crippen LogP contribution in [0.4, 0.5) is 0 Å². The average molecular weight is 241 g/mol. The molecule has 0 aromatic rings. The summed E-state index contributed by atoms with van der Waals surface area (Å²) >= 11 is 0. The van der Waals surface area contributed by atoms with Crippen LogP contribution in [0.15, 0.2) is 0 Å². The minimum absolute atomic E-state index is 0.224. The number of carbonyl (C=O) groups is 2. The molecule has 0 radical (unpaired) electrons. The van der Waals surface area contributed by atoms with Crippen LogP contribution >= 0.6 is 0 Å². The Kier molecular flexibility index (Phi) is 3.63. The molecule has 1 amide bonds. The lowest BCUT2D eigenvalue weighted by Crippen LogP contribution is -2.54. The van der Waals surface area contributed by atoms with E-state index in [-0.39, 0.29) is 24.0 Å². The lowest BCUT2D eigenvalue weighted by molar-refractivity contribution is -0.156. The zero-order chi connectivity index (χ0) is 12.4. The Hall–Kier alpha value is -1.14. The number of amides is 1. The summed E-state index contributed by atoms with van der Waals surface area (Å²) in [5.41, 5.74) is 5.39. The van der Waals surface area contributed by atoms with Crippen LogP contribution in [-0.2, 0) is 14.3 Å². The van der Waals surface area contributed by atoms with Gasteiger partial charge in [0.05, 0.1) is 7.11 Å². The second-order valence-electron chi connectivity index (χ2n) is 4.57. The van der Waals surface area contributed by atoms with Gasteiger partial charge in [-0.2, -0.15) is 0 Å². The Morgan fingerprint density at radius 2 is 1.65 bits per heavy atom. The summed E-state index contributed by atoms with van der Waals surface area (Å²) < 4.78 is 4.80. The zero-order valence-corrected chi connectivity index (χ0v) is 10.1. The highest BCUT2D eigenvalue weighted by Crippen LogP contribution is 2.27. The zero-order valence-electron chi connectivity index (χ0n) is 10.1. The maximum atomic E-state index is 11.7. The smallest absolute Gasteiger partial charge is 0.324 e. The van der Waals surface area contributed by atoms with Crippen molar-refractivity contribution < 1.29 is 14.3 Å². The molecule has 2 atom stereocenters. The Labute approximate surface area is 101 Å². The molecule has 2 aliphatic heterocycles. The van der Waals surface area contributed by atoms with E-state index in [0.29, 0.717) is 0 Å². The lowest BCUT2D eigenvalue weighted by Gasteiger charge is -2.34. The summed E-state index contributed by atoms with van der Waals surface area (Å²) in [6, 6.07) is -0.514. The molecule has 17 heavy (non-hydrogen) atoms. The molecule has 0 aliphatic carbocycles. The molecule has 0 spiro atoms. The molecule has 2 fully saturated rings. The summed E-state index contributed by atoms with van der Waals surface area (Å²) in [4.78, 5) is 23.0. The van der Waals surface area contributed by atoms with Gasteiger partial charge in [-0.15, -0.1) is 0 Å². The highest BCUT2D eigenvalue weighted by molar-refractivity contribution is 5.80. The predicted octanol–water partition coefficient (Wildman–Crippen LogP) is -0.511. The van der Waals surface area contributed by atoms with Crippen LogP contribution < -0.4 is 5.73 Å². The van der Waals surface area contributed by atoms with E-state index >= 15 is 0 Å². The molecule has 2 heterocycles. The van der Waals surface area contributed by atoms with Gasteiger partial charge >= 0.3 is 5.97 Å². The monoisotopic (exact) mass is 241 g/mol. The number of nitrogens with two attached hydrogens (primary N) is 1. The number of ether oxygens (including phenoxy) is 1. The first-order valence-electron chi connectivity index (χ1n) is 6.05. The number of nitrogens with zero attached hydrogens (tertiary/aromatic N) is 2. The van der Waals surface area contributed by atoms with E-state index in [2.05, 4.69) is 0 Å². The molecule has 0 saturated carbocycles. The molecule has 0 aromatic heterocycles. The Morgan fingerprint density at radius 1 is 1.12 bits per heavy atom. The van der Waals surface area contributed by atoms with Gasteiger partial charge in [-0.1, -0.05) is 0 Å². The SMILES string of the molecule is COC(=O)C1CCCN1N1CCCC1C(N)=O. The van der Waals surface area contributed by atoms with Gasteiger partial charge in [0, 0.05) is 13.1 Å². The van der Waals surface area contributed by atoms with Gasteiger partial charge in [-0.3, -0.25) is 9.59 Å². The van der Waals surface area contributed by atoms with Crippen molar-refractivity contribution in [3.63, 3.8) is 0 Å². The number of rotatable bonds is 3. The van der Waals surface area contributed by atoms with E-state index in [4.69, 9.17) is 10.5 Å². The van der Waals surface area contributed by atoms with E-state index in [1.165, 1.54) is 7.11 Å². The first kappa shape index (κ1) is 12.3. The summed E-state index contributed by atoms with van der Waals surface area (Å²) in [7, 11) is 1.40. The van der Waals surface area contributed by atoms with E-state index < -0.39 is 0 Å². The summed E-state index contributed by atoms with van der Waals surface area (Å²) in [6.07, 6.45) is 3.45. The maximum absolute atomic E-state index is 11.7. The fourth-order valence-electron chi connectivity index (χ4n) is 2.78. The molecule has 2 N–H and O–H groups in total. The second-order valence-corrected chi connectivity index (χ2v) is 4.57. The standard InChI is InChI=1S/C11H19N3O3/c1-17-11(16)9-5-3-7-14(9)13-6-2-4-8(13)10(12)15/h8-9H,2-7H2,1H3,(H2,12,15). The van der Waals surface area contributed by atoms with Crippen LogP contribution in [0.25, 0.3) is 0 Å². The van der Waals surface area contributed by atoms with E-state index in [0.717, 1.165) is 38.8 Å². The highest BCUT2D eigenvalue weighted by atomic mass is 16.5. The van der Waals surface area contributed by atoms with Gasteiger partial charge < -0.3 is 10.5 Å². The van der Waals surface area contributed by atoms with Gasteiger partial charge in [0.1, 0.15) is 12.1 Å². The molecule has 2 unspecified atom stereocenters. The van der Waals surface area contributed by atoms with Crippen LogP contribution in [-0.4, -0.2) is 54.2 Å². The minimum Gasteiger partial charge on any atom is -0.468 e.